The first-order valence-electron chi connectivity index (χ1n) is 8.58. The zero-order valence-electron chi connectivity index (χ0n) is 15.0. The normalized spacial score (nSPS) is 32.1. The van der Waals surface area contributed by atoms with Crippen LogP contribution in [0.1, 0.15) is 25.8 Å². The topological polar surface area (TPSA) is 55.7 Å². The summed E-state index contributed by atoms with van der Waals surface area (Å²) in [6.07, 6.45) is 1.74. The monoisotopic (exact) mass is 491 g/mol. The molecule has 1 aromatic rings. The highest BCUT2D eigenvalue weighted by atomic mass is 127. The number of halogens is 3. The molecule has 6 nitrogen and oxygen atoms in total. The van der Waals surface area contributed by atoms with Gasteiger partial charge < -0.3 is 14.2 Å². The molecule has 3 atom stereocenters. The summed E-state index contributed by atoms with van der Waals surface area (Å²) in [7, 11) is 0. The largest absolute Gasteiger partial charge is 0.363 e. The maximum Gasteiger partial charge on any atom is 0.163 e. The maximum atomic E-state index is 14.7. The van der Waals surface area contributed by atoms with Crippen molar-refractivity contribution in [3.63, 3.8) is 0 Å². The van der Waals surface area contributed by atoms with E-state index in [1.165, 1.54) is 18.5 Å². The number of hydrogen-bond acceptors (Lipinski definition) is 6. The molecule has 0 amide bonds. The first-order valence-corrected chi connectivity index (χ1v) is 10.5. The van der Waals surface area contributed by atoms with Crippen LogP contribution in [0.15, 0.2) is 38.7 Å². The van der Waals surface area contributed by atoms with Gasteiger partial charge in [-0.1, -0.05) is 6.58 Å². The molecule has 3 aliphatic rings. The van der Waals surface area contributed by atoms with E-state index in [0.29, 0.717) is 25.3 Å². The molecule has 0 radical (unpaired) electrons. The Morgan fingerprint density at radius 1 is 1.30 bits per heavy atom. The Bertz CT molecular complexity index is 820. The van der Waals surface area contributed by atoms with Crippen LogP contribution in [0.3, 0.4) is 0 Å². The van der Waals surface area contributed by atoms with Gasteiger partial charge in [-0.15, -0.1) is 5.10 Å². The summed E-state index contributed by atoms with van der Waals surface area (Å²) in [6.45, 7) is 8.66. The van der Waals surface area contributed by atoms with Gasteiger partial charge >= 0.3 is 0 Å². The van der Waals surface area contributed by atoms with Crippen molar-refractivity contribution in [3.8, 4) is 0 Å². The molecule has 2 fully saturated rings. The van der Waals surface area contributed by atoms with Crippen LogP contribution in [0.5, 0.6) is 0 Å². The smallest absolute Gasteiger partial charge is 0.163 e. The molecular formula is C18H20F2IN3O3. The minimum Gasteiger partial charge on any atom is -0.363 e. The van der Waals surface area contributed by atoms with Crippen LogP contribution in [0.2, 0.25) is 0 Å². The number of nitrogens with zero attached hydrogens (tertiary/aromatic N) is 3. The van der Waals surface area contributed by atoms with Gasteiger partial charge in [0.2, 0.25) is 0 Å². The molecule has 0 spiro atoms. The second-order valence-corrected chi connectivity index (χ2v) is 9.11. The highest BCUT2D eigenvalue weighted by Gasteiger charge is 2.52. The fraction of sp³-hybridized carbons (Fsp3) is 0.500. The third kappa shape index (κ3) is 3.45. The predicted molar refractivity (Wildman–Crippen MR) is 103 cm³/mol. The van der Waals surface area contributed by atoms with E-state index in [1.54, 1.807) is 3.22 Å². The lowest BCUT2D eigenvalue weighted by Crippen LogP contribution is -2.34. The number of rotatable bonds is 4. The molecule has 4 rings (SSSR count). The minimum atomic E-state index is -1.14. The van der Waals surface area contributed by atoms with E-state index >= 15 is 0 Å². The quantitative estimate of drug-likeness (QED) is 0.469. The number of ether oxygens (including phenoxy) is 3. The molecule has 27 heavy (non-hydrogen) atoms. The van der Waals surface area contributed by atoms with Gasteiger partial charge in [0.15, 0.2) is 5.79 Å². The molecule has 9 heteroatoms. The molecule has 3 aliphatic heterocycles. The molecule has 0 aromatic heterocycles. The van der Waals surface area contributed by atoms with E-state index in [0.717, 1.165) is 6.07 Å². The number of hydrazone groups is 1. The van der Waals surface area contributed by atoms with Gasteiger partial charge in [-0.25, -0.2) is 8.78 Å². The third-order valence-corrected chi connectivity index (χ3v) is 6.76. The van der Waals surface area contributed by atoms with Crippen molar-refractivity contribution >= 4 is 27.6 Å². The number of hydrogen-bond donors (Lipinski definition) is 0. The first-order chi connectivity index (χ1) is 12.8. The molecule has 0 aliphatic carbocycles. The molecule has 2 saturated heterocycles. The fourth-order valence-electron chi connectivity index (χ4n) is 3.69. The second kappa shape index (κ2) is 6.94. The van der Waals surface area contributed by atoms with Gasteiger partial charge in [0, 0.05) is 17.5 Å². The summed E-state index contributed by atoms with van der Waals surface area (Å²) in [5.41, 5.74) is -0.380. The van der Waals surface area contributed by atoms with Crippen molar-refractivity contribution in [2.45, 2.75) is 37.8 Å². The second-order valence-electron chi connectivity index (χ2n) is 7.20. The van der Waals surface area contributed by atoms with Crippen LogP contribution in [0.25, 0.3) is 0 Å². The van der Waals surface area contributed by atoms with Crippen molar-refractivity contribution in [2.75, 3.05) is 13.2 Å². The SMILES string of the molecule is C=C(N1N=CN=I1)[C@]1(c2ccc(F)cc2F)C[C@H](C2COC(C)(C)O2)CO1. The molecule has 1 aromatic carbocycles. The standard InChI is InChI=1S/C18H20F2IN3O3/c1-11(24-21-22-10-23-24)18(14-5-4-13(19)6-15(14)20)7-12(8-26-18)16-9-25-17(2,3)27-16/h4-6,10,12,16H,1,7-9H2,2-3H3/t12-,16?,18-/m0/s1. The van der Waals surface area contributed by atoms with E-state index in [1.807, 2.05) is 13.8 Å². The lowest BCUT2D eigenvalue weighted by molar-refractivity contribution is -0.144. The van der Waals surface area contributed by atoms with Crippen LogP contribution >= 0.6 is 21.3 Å². The highest BCUT2D eigenvalue weighted by Crippen LogP contribution is 2.50. The minimum absolute atomic E-state index is 0.0188. The Morgan fingerprint density at radius 2 is 2.11 bits per heavy atom. The van der Waals surface area contributed by atoms with Crippen LogP contribution < -0.4 is 0 Å². The lowest BCUT2D eigenvalue weighted by atomic mass is 9.83. The van der Waals surface area contributed by atoms with Crippen LogP contribution in [0, 0.1) is 17.6 Å². The van der Waals surface area contributed by atoms with Crippen LogP contribution in [0.4, 0.5) is 8.78 Å². The van der Waals surface area contributed by atoms with Crippen molar-refractivity contribution in [3.05, 3.63) is 47.7 Å². The van der Waals surface area contributed by atoms with Crippen molar-refractivity contribution < 1.29 is 23.0 Å². The van der Waals surface area contributed by atoms with Crippen molar-refractivity contribution in [1.29, 1.82) is 0 Å². The maximum absolute atomic E-state index is 14.7. The van der Waals surface area contributed by atoms with Gasteiger partial charge in [0.25, 0.3) is 0 Å². The zero-order valence-corrected chi connectivity index (χ0v) is 17.2. The van der Waals surface area contributed by atoms with Crippen LogP contribution in [-0.2, 0) is 19.8 Å². The highest BCUT2D eigenvalue weighted by molar-refractivity contribution is 14.1. The van der Waals surface area contributed by atoms with E-state index < -0.39 is 44.3 Å². The summed E-state index contributed by atoms with van der Waals surface area (Å²) in [4.78, 5) is 0. The van der Waals surface area contributed by atoms with Crippen LogP contribution in [-0.4, -0.2) is 34.7 Å². The fourth-order valence-corrected chi connectivity index (χ4v) is 5.03. The Kier molecular flexibility index (Phi) is 4.90. The Balaban J connectivity index is 1.68. The predicted octanol–water partition coefficient (Wildman–Crippen LogP) is 4.19. The van der Waals surface area contributed by atoms with Gasteiger partial charge in [-0.05, 0) is 32.4 Å². The first kappa shape index (κ1) is 19.0. The molecule has 146 valence electrons. The van der Waals surface area contributed by atoms with Gasteiger partial charge in [-0.3, -0.25) is 0 Å². The third-order valence-electron chi connectivity index (χ3n) is 5.02. The molecule has 0 saturated carbocycles. The summed E-state index contributed by atoms with van der Waals surface area (Å²) < 4.78 is 51.9. The summed E-state index contributed by atoms with van der Waals surface area (Å²) in [5.74, 6) is -1.98. The average Bonchev–Trinajstić information content (AvgIpc) is 3.33. The molecule has 0 bridgehead atoms. The van der Waals surface area contributed by atoms with Gasteiger partial charge in [0.1, 0.15) is 44.9 Å². The van der Waals surface area contributed by atoms with Gasteiger partial charge in [0.05, 0.1) is 25.0 Å². The zero-order chi connectivity index (χ0) is 19.2. The molecule has 1 unspecified atom stereocenters. The number of benzene rings is 1. The van der Waals surface area contributed by atoms with Crippen molar-refractivity contribution in [1.82, 2.24) is 3.22 Å². The summed E-state index contributed by atoms with van der Waals surface area (Å²) in [5, 5.41) is 4.20. The lowest BCUT2D eigenvalue weighted by Gasteiger charge is -2.33. The Morgan fingerprint density at radius 3 is 2.74 bits per heavy atom. The van der Waals surface area contributed by atoms with E-state index in [4.69, 9.17) is 14.2 Å². The van der Waals surface area contributed by atoms with E-state index in [-0.39, 0.29) is 17.6 Å². The van der Waals surface area contributed by atoms with E-state index in [2.05, 4.69) is 14.8 Å². The summed E-state index contributed by atoms with van der Waals surface area (Å²) in [6, 6.07) is 3.52. The molecule has 0 N–H and O–H groups in total. The average molecular weight is 491 g/mol. The Labute approximate surface area is 166 Å². The molecule has 3 heterocycles. The van der Waals surface area contributed by atoms with Crippen molar-refractivity contribution in [2.24, 2.45) is 14.2 Å². The van der Waals surface area contributed by atoms with Gasteiger partial charge in [-0.2, -0.15) is 6.37 Å². The molecular weight excluding hydrogens is 471 g/mol. The van der Waals surface area contributed by atoms with E-state index in [9.17, 15) is 8.78 Å². The summed E-state index contributed by atoms with van der Waals surface area (Å²) >= 11 is -0.760. The Hall–Kier alpha value is -1.30.